The average molecular weight is 1030 g/mol. The normalized spacial score (nSPS) is 26.8. The molecule has 0 radical (unpaired) electrons. The van der Waals surface area contributed by atoms with Gasteiger partial charge in [0.2, 0.25) is 0 Å². The van der Waals surface area contributed by atoms with Crippen molar-refractivity contribution in [2.24, 2.45) is 23.2 Å². The van der Waals surface area contributed by atoms with Crippen LogP contribution in [0.15, 0.2) is 76.1 Å². The number of amides is 1. The van der Waals surface area contributed by atoms with Gasteiger partial charge in [0.05, 0.1) is 34.9 Å². The van der Waals surface area contributed by atoms with Crippen molar-refractivity contribution in [3.8, 4) is 17.1 Å². The summed E-state index contributed by atoms with van der Waals surface area (Å²) in [5, 5.41) is 0.879. The van der Waals surface area contributed by atoms with E-state index in [0.29, 0.717) is 60.6 Å². The molecule has 2 saturated carbocycles. The van der Waals surface area contributed by atoms with E-state index in [1.54, 1.807) is 10.1 Å². The number of carbonyl (C=O) groups excluding carboxylic acids is 4. The number of anilines is 1. The van der Waals surface area contributed by atoms with E-state index < -0.39 is 5.92 Å². The van der Waals surface area contributed by atoms with Crippen LogP contribution in [0.4, 0.5) is 10.5 Å². The van der Waals surface area contributed by atoms with Gasteiger partial charge in [0.25, 0.3) is 5.56 Å². The van der Waals surface area contributed by atoms with Crippen molar-refractivity contribution in [3.63, 3.8) is 0 Å². The topological polar surface area (TPSA) is 135 Å². The predicted molar refractivity (Wildman–Crippen MR) is 297 cm³/mol. The summed E-state index contributed by atoms with van der Waals surface area (Å²) in [7, 11) is 6.19. The number of rotatable bonds is 14. The molecule has 13 nitrogen and oxygen atoms in total. The number of ketones is 2. The first-order valence-corrected chi connectivity index (χ1v) is 28.6. The Bertz CT molecular complexity index is 3110. The molecule has 1 saturated heterocycles. The van der Waals surface area contributed by atoms with Crippen LogP contribution in [0.1, 0.15) is 151 Å². The van der Waals surface area contributed by atoms with Crippen molar-refractivity contribution in [3.05, 3.63) is 109 Å². The summed E-state index contributed by atoms with van der Waals surface area (Å²) in [5.41, 5.74) is 12.0. The summed E-state index contributed by atoms with van der Waals surface area (Å²) < 4.78 is 13.5. The van der Waals surface area contributed by atoms with Crippen molar-refractivity contribution in [2.75, 3.05) is 52.2 Å². The Hall–Kier alpha value is -5.92. The Balaban J connectivity index is 0.682. The first kappa shape index (κ1) is 52.1. The highest BCUT2D eigenvalue weighted by atomic mass is 16.6. The number of hydrogen-bond donors (Lipinski definition) is 0. The van der Waals surface area contributed by atoms with Crippen molar-refractivity contribution >= 4 is 40.2 Å². The van der Waals surface area contributed by atoms with E-state index in [1.807, 2.05) is 57.1 Å². The van der Waals surface area contributed by atoms with Crippen LogP contribution in [0.25, 0.3) is 22.3 Å². The molecule has 7 aliphatic rings. The highest BCUT2D eigenvalue weighted by Crippen LogP contribution is 2.66. The molecular weight excluding hydrogens is 953 g/mol. The van der Waals surface area contributed by atoms with E-state index >= 15 is 0 Å². The van der Waals surface area contributed by atoms with Crippen LogP contribution < -0.4 is 15.2 Å². The van der Waals surface area contributed by atoms with Crippen molar-refractivity contribution in [1.29, 1.82) is 0 Å². The number of esters is 1. The summed E-state index contributed by atoms with van der Waals surface area (Å²) in [6.07, 6.45) is 13.4. The fraction of sp³-hybridized carbons (Fsp3) is 0.556. The second-order valence-corrected chi connectivity index (χ2v) is 24.3. The first-order chi connectivity index (χ1) is 36.5. The maximum absolute atomic E-state index is 14.2. The molecule has 0 spiro atoms. The fourth-order valence-electron chi connectivity index (χ4n) is 15.6. The van der Waals surface area contributed by atoms with Gasteiger partial charge in [0, 0.05) is 85.8 Å². The monoisotopic (exact) mass is 1030 g/mol. The number of cyclic esters (lactones) is 1. The third kappa shape index (κ3) is 9.34. The zero-order chi connectivity index (χ0) is 53.3. The molecule has 5 heterocycles. The minimum absolute atomic E-state index is 0.00678. The van der Waals surface area contributed by atoms with Gasteiger partial charge in [0.1, 0.15) is 18.1 Å². The number of ether oxygens (including phenoxy) is 2. The molecular formula is C63H78N6O7. The van der Waals surface area contributed by atoms with Gasteiger partial charge in [-0.25, -0.2) is 9.78 Å². The van der Waals surface area contributed by atoms with E-state index in [1.165, 1.54) is 22.4 Å². The van der Waals surface area contributed by atoms with Crippen molar-refractivity contribution in [2.45, 2.75) is 155 Å². The fourth-order valence-corrected chi connectivity index (χ4v) is 15.6. The van der Waals surface area contributed by atoms with E-state index in [4.69, 9.17) is 14.5 Å². The number of Topliss-reactive ketones (excluding diaryl/α,β-unsaturated/α-hetero) is 1. The van der Waals surface area contributed by atoms with Crippen molar-refractivity contribution < 1.29 is 28.7 Å². The van der Waals surface area contributed by atoms with Gasteiger partial charge >= 0.3 is 12.1 Å². The lowest BCUT2D eigenvalue weighted by Gasteiger charge is -2.52. The molecule has 0 N–H and O–H groups in total. The average Bonchev–Trinajstić information content (AvgIpc) is 3.97. The first-order valence-electron chi connectivity index (χ1n) is 28.6. The number of allylic oxidation sites excluding steroid dienone is 4. The van der Waals surface area contributed by atoms with Gasteiger partial charge in [-0.1, -0.05) is 44.4 Å². The number of hydrogen-bond acceptors (Lipinski definition) is 11. The number of nitrogens with zero attached hydrogens (tertiary/aromatic N) is 6. The summed E-state index contributed by atoms with van der Waals surface area (Å²) in [6, 6.07) is 17.1. The molecule has 2 aromatic carbocycles. The number of fused-ring (bicyclic) bond motifs is 9. The lowest BCUT2D eigenvalue weighted by molar-refractivity contribution is -0.148. The molecule has 8 atom stereocenters. The van der Waals surface area contributed by atoms with Crippen LogP contribution in [0, 0.1) is 23.2 Å². The molecule has 3 fully saturated rings. The van der Waals surface area contributed by atoms with Crippen LogP contribution in [0.3, 0.4) is 0 Å². The molecule has 3 aliphatic heterocycles. The van der Waals surface area contributed by atoms with Crippen LogP contribution in [0.5, 0.6) is 5.75 Å². The molecule has 0 bridgehead atoms. The van der Waals surface area contributed by atoms with Crippen molar-refractivity contribution in [1.82, 2.24) is 24.3 Å². The number of piperazine rings is 1. The molecule has 1 amide bonds. The Morgan fingerprint density at radius 3 is 2.41 bits per heavy atom. The van der Waals surface area contributed by atoms with E-state index in [0.717, 1.165) is 124 Å². The number of aromatic nitrogens is 2. The minimum atomic E-state index is -0.471. The Labute approximate surface area is 448 Å². The second-order valence-electron chi connectivity index (χ2n) is 24.3. The maximum atomic E-state index is 14.2. The number of unbranched alkanes of at least 4 members (excludes halogenated alkanes) is 3. The highest BCUT2D eigenvalue weighted by molar-refractivity contribution is 5.93. The van der Waals surface area contributed by atoms with E-state index in [9.17, 15) is 24.0 Å². The lowest BCUT2D eigenvalue weighted by atomic mass is 9.51. The minimum Gasteiger partial charge on any atom is -0.460 e. The lowest BCUT2D eigenvalue weighted by Crippen LogP contribution is -2.59. The summed E-state index contributed by atoms with van der Waals surface area (Å²) in [4.78, 5) is 80.1. The van der Waals surface area contributed by atoms with Crippen LogP contribution >= 0.6 is 0 Å². The molecule has 4 aliphatic carbocycles. The molecule has 76 heavy (non-hydrogen) atoms. The highest BCUT2D eigenvalue weighted by Gasteiger charge is 2.57. The Kier molecular flexibility index (Phi) is 14.3. The summed E-state index contributed by atoms with van der Waals surface area (Å²) in [5.74, 6) is 1.81. The number of carbonyl (C=O) groups is 4. The van der Waals surface area contributed by atoms with Crippen LogP contribution in [0.2, 0.25) is 0 Å². The maximum Gasteiger partial charge on any atom is 0.415 e. The third-order valence-electron chi connectivity index (χ3n) is 19.1. The van der Waals surface area contributed by atoms with Crippen LogP contribution in [-0.2, 0) is 38.8 Å². The molecule has 4 aromatic rings. The molecule has 13 heteroatoms. The zero-order valence-corrected chi connectivity index (χ0v) is 46.2. The van der Waals surface area contributed by atoms with E-state index in [2.05, 4.69) is 72.9 Å². The SMILES string of the molecule is CC[C@H]1C(=O)OCc2c1cc1n(c2=O)Cc2cc3c(CN(C)C)c(OC(=O)N4[C@H](C)CN(CCCCCCN(C)c5ccc([C@H]6C[C@@]7(C)C(CC[C@@H]7C(C)=O)[C@@H]7CCC8=CC(=O)CCC8=C76)cc5)C[C@H]4C)ccc3nc2-1. The van der Waals surface area contributed by atoms with Gasteiger partial charge in [-0.3, -0.25) is 29.0 Å². The van der Waals surface area contributed by atoms with Gasteiger partial charge < -0.3 is 23.8 Å². The Morgan fingerprint density at radius 1 is 0.908 bits per heavy atom. The van der Waals surface area contributed by atoms with Gasteiger partial charge in [-0.2, -0.15) is 0 Å². The van der Waals surface area contributed by atoms with Gasteiger partial charge in [-0.15, -0.1) is 0 Å². The summed E-state index contributed by atoms with van der Waals surface area (Å²) >= 11 is 0. The van der Waals surface area contributed by atoms with Gasteiger partial charge in [-0.05, 0) is 181 Å². The van der Waals surface area contributed by atoms with Gasteiger partial charge in [0.15, 0.2) is 5.78 Å². The Morgan fingerprint density at radius 2 is 1.67 bits per heavy atom. The molecule has 1 unspecified atom stereocenters. The third-order valence-corrected chi connectivity index (χ3v) is 19.1. The smallest absolute Gasteiger partial charge is 0.415 e. The van der Waals surface area contributed by atoms with Crippen LogP contribution in [-0.4, -0.2) is 107 Å². The number of benzene rings is 2. The molecule has 402 valence electrons. The largest absolute Gasteiger partial charge is 0.460 e. The summed E-state index contributed by atoms with van der Waals surface area (Å²) in [6.45, 7) is 14.8. The standard InChI is InChI=1S/C63H78N6O7/c1-9-45-48-30-56-59-42(34-68(56)60(72)52(48)36-75-61(45)73)29-49-51(35-65(6)7)57(25-24-55(49)64-59)76-62(74)69-37(2)32-67(33-38(69)3)27-13-11-10-12-26-66(8)43-17-14-40(15-18-43)50-31-63(5)53(39(4)70)22-23-54(63)47-20-16-41-28-44(71)19-21-46(41)58(47)50/h14-15,17-18,24-25,28-30,37-38,45,47,50,53-54H,9-13,16,19-23,26-27,31-36H2,1-8H3/t37-,38-,45-,47+,50-,53-,54?,63-/m1/s1. The quantitative estimate of drug-likeness (QED) is 0.0777. The predicted octanol–water partition coefficient (Wildman–Crippen LogP) is 10.7. The molecule has 11 rings (SSSR count). The van der Waals surface area contributed by atoms with E-state index in [-0.39, 0.29) is 59.3 Å². The second kappa shape index (κ2) is 20.8. The zero-order valence-electron chi connectivity index (χ0n) is 46.2. The number of pyridine rings is 2. The molecule has 2 aromatic heterocycles.